The quantitative estimate of drug-likeness (QED) is 0.840. The van der Waals surface area contributed by atoms with Gasteiger partial charge in [-0.15, -0.1) is 0 Å². The average molecular weight is 272 g/mol. The maximum absolute atomic E-state index is 13.5. The Hall–Kier alpha value is -1.76. The lowest BCUT2D eigenvalue weighted by atomic mass is 10.3. The van der Waals surface area contributed by atoms with E-state index in [0.29, 0.717) is 21.5 Å². The fourth-order valence-corrected chi connectivity index (χ4v) is 3.05. The highest BCUT2D eigenvalue weighted by molar-refractivity contribution is 7.89. The molecule has 0 aliphatic heterocycles. The van der Waals surface area contributed by atoms with Crippen molar-refractivity contribution >= 4 is 10.0 Å². The van der Waals surface area contributed by atoms with Crippen LogP contribution in [0.15, 0.2) is 29.2 Å². The van der Waals surface area contributed by atoms with Gasteiger partial charge in [0.2, 0.25) is 0 Å². The van der Waals surface area contributed by atoms with Gasteiger partial charge in [-0.3, -0.25) is 0 Å². The molecule has 0 saturated carbocycles. The van der Waals surface area contributed by atoms with Crippen LogP contribution in [-0.4, -0.2) is 17.6 Å². The third-order valence-corrected chi connectivity index (χ3v) is 4.06. The number of rotatable bonds is 2. The monoisotopic (exact) mass is 272 g/mol. The maximum atomic E-state index is 13.5. The van der Waals surface area contributed by atoms with E-state index >= 15 is 0 Å². The minimum atomic E-state index is -4.21. The predicted octanol–water partition coefficient (Wildman–Crippen LogP) is 2.02. The number of aromatic nitrogens is 2. The molecule has 4 nitrogen and oxygen atoms in total. The highest BCUT2D eigenvalue weighted by Crippen LogP contribution is 2.20. The van der Waals surface area contributed by atoms with Crippen molar-refractivity contribution in [1.29, 1.82) is 0 Å². The minimum absolute atomic E-state index is 0.330. The largest absolute Gasteiger partial charge is 0.286 e. The van der Waals surface area contributed by atoms with Gasteiger partial charge in [0.1, 0.15) is 16.5 Å². The molecule has 1 aromatic carbocycles. The van der Waals surface area contributed by atoms with Gasteiger partial charge in [0.05, 0.1) is 11.4 Å². The summed E-state index contributed by atoms with van der Waals surface area (Å²) >= 11 is 0. The van der Waals surface area contributed by atoms with Gasteiger partial charge in [0.25, 0.3) is 10.0 Å². The van der Waals surface area contributed by atoms with Crippen molar-refractivity contribution in [1.82, 2.24) is 9.19 Å². The standard InChI is InChI=1S/C11H10F2N2O2S/c1-7-5-8(2)15(14-7)18(16,17)11-6-9(12)3-4-10(11)13/h3-6H,1-2H3. The number of hydrogen-bond donors (Lipinski definition) is 0. The second-order valence-corrected chi connectivity index (χ2v) is 5.59. The van der Waals surface area contributed by atoms with Crippen LogP contribution in [0.5, 0.6) is 0 Å². The SMILES string of the molecule is Cc1cc(C)n(S(=O)(=O)c2cc(F)ccc2F)n1. The second kappa shape index (κ2) is 4.16. The van der Waals surface area contributed by atoms with Gasteiger partial charge in [0.15, 0.2) is 0 Å². The van der Waals surface area contributed by atoms with Crippen LogP contribution in [0, 0.1) is 25.5 Å². The van der Waals surface area contributed by atoms with Crippen molar-refractivity contribution in [3.63, 3.8) is 0 Å². The number of aryl methyl sites for hydroxylation is 2. The van der Waals surface area contributed by atoms with Crippen LogP contribution in [0.4, 0.5) is 8.78 Å². The van der Waals surface area contributed by atoms with Gasteiger partial charge in [-0.25, -0.2) is 8.78 Å². The number of nitrogens with zero attached hydrogens (tertiary/aromatic N) is 2. The summed E-state index contributed by atoms with van der Waals surface area (Å²) in [5, 5.41) is 3.77. The molecule has 0 aliphatic carbocycles. The van der Waals surface area contributed by atoms with Crippen molar-refractivity contribution in [3.8, 4) is 0 Å². The summed E-state index contributed by atoms with van der Waals surface area (Å²) in [6, 6.07) is 3.80. The Morgan fingerprint density at radius 3 is 2.39 bits per heavy atom. The molecular formula is C11H10F2N2O2S. The van der Waals surface area contributed by atoms with Crippen molar-refractivity contribution in [2.24, 2.45) is 0 Å². The molecule has 0 amide bonds. The highest BCUT2D eigenvalue weighted by atomic mass is 32.2. The molecule has 1 heterocycles. The van der Waals surface area contributed by atoms with Gasteiger partial charge in [0, 0.05) is 0 Å². The molecule has 7 heteroatoms. The molecule has 1 aromatic heterocycles. The Morgan fingerprint density at radius 2 is 1.83 bits per heavy atom. The molecule has 0 atom stereocenters. The molecule has 0 spiro atoms. The first-order valence-electron chi connectivity index (χ1n) is 5.06. The zero-order valence-corrected chi connectivity index (χ0v) is 10.5. The summed E-state index contributed by atoms with van der Waals surface area (Å²) in [6.45, 7) is 3.13. The Morgan fingerprint density at radius 1 is 1.17 bits per heavy atom. The molecule has 2 rings (SSSR count). The van der Waals surface area contributed by atoms with Crippen molar-refractivity contribution in [2.75, 3.05) is 0 Å². The number of halogens is 2. The van der Waals surface area contributed by atoms with Crippen molar-refractivity contribution < 1.29 is 17.2 Å². The van der Waals surface area contributed by atoms with E-state index in [1.807, 2.05) is 0 Å². The third kappa shape index (κ3) is 2.01. The van der Waals surface area contributed by atoms with Gasteiger partial charge >= 0.3 is 0 Å². The van der Waals surface area contributed by atoms with Crippen LogP contribution in [0.25, 0.3) is 0 Å². The molecule has 0 saturated heterocycles. The molecule has 0 fully saturated rings. The molecule has 0 radical (unpaired) electrons. The van der Waals surface area contributed by atoms with E-state index in [0.717, 1.165) is 12.1 Å². The van der Waals surface area contributed by atoms with Gasteiger partial charge < -0.3 is 0 Å². The maximum Gasteiger partial charge on any atom is 0.286 e. The summed E-state index contributed by atoms with van der Waals surface area (Å²) in [5.41, 5.74) is 0.809. The van der Waals surface area contributed by atoms with Crippen LogP contribution in [0.3, 0.4) is 0 Å². The Labute approximate surface area is 103 Å². The molecule has 2 aromatic rings. The minimum Gasteiger partial charge on any atom is -0.207 e. The topological polar surface area (TPSA) is 52.0 Å². The molecule has 0 bridgehead atoms. The summed E-state index contributed by atoms with van der Waals surface area (Å²) in [4.78, 5) is -0.728. The van der Waals surface area contributed by atoms with Crippen LogP contribution in [0.2, 0.25) is 0 Å². The Bertz CT molecular complexity index is 708. The van der Waals surface area contributed by atoms with Crippen LogP contribution in [-0.2, 0) is 10.0 Å². The van der Waals surface area contributed by atoms with Crippen molar-refractivity contribution in [3.05, 3.63) is 47.3 Å². The molecule has 0 unspecified atom stereocenters. The van der Waals surface area contributed by atoms with E-state index in [2.05, 4.69) is 5.10 Å². The molecule has 0 aliphatic rings. The van der Waals surface area contributed by atoms with Gasteiger partial charge in [-0.05, 0) is 38.1 Å². The summed E-state index contributed by atoms with van der Waals surface area (Å²) in [7, 11) is -4.21. The van der Waals surface area contributed by atoms with Gasteiger partial charge in [-0.2, -0.15) is 17.6 Å². The Balaban J connectivity index is 2.69. The first kappa shape index (κ1) is 12.7. The average Bonchev–Trinajstić information content (AvgIpc) is 2.62. The Kier molecular flexibility index (Phi) is 2.94. The zero-order chi connectivity index (χ0) is 13.5. The normalized spacial score (nSPS) is 11.8. The first-order chi connectivity index (χ1) is 8.32. The summed E-state index contributed by atoms with van der Waals surface area (Å²) in [5.74, 6) is -1.83. The van der Waals surface area contributed by atoms with E-state index in [4.69, 9.17) is 0 Å². The van der Waals surface area contributed by atoms with Crippen LogP contribution in [0.1, 0.15) is 11.4 Å². The smallest absolute Gasteiger partial charge is 0.207 e. The third-order valence-electron chi connectivity index (χ3n) is 2.37. The lowest BCUT2D eigenvalue weighted by Crippen LogP contribution is -2.17. The zero-order valence-electron chi connectivity index (χ0n) is 9.68. The summed E-state index contributed by atoms with van der Waals surface area (Å²) < 4.78 is 51.5. The molecule has 18 heavy (non-hydrogen) atoms. The summed E-state index contributed by atoms with van der Waals surface area (Å²) in [6.07, 6.45) is 0. The lowest BCUT2D eigenvalue weighted by molar-refractivity contribution is 0.543. The first-order valence-corrected chi connectivity index (χ1v) is 6.50. The van der Waals surface area contributed by atoms with E-state index in [1.54, 1.807) is 6.92 Å². The van der Waals surface area contributed by atoms with E-state index in [-0.39, 0.29) is 0 Å². The highest BCUT2D eigenvalue weighted by Gasteiger charge is 2.24. The number of benzene rings is 1. The fraction of sp³-hybridized carbons (Fsp3) is 0.182. The van der Waals surface area contributed by atoms with E-state index < -0.39 is 26.6 Å². The molecule has 96 valence electrons. The molecular weight excluding hydrogens is 262 g/mol. The molecule has 0 N–H and O–H groups in total. The second-order valence-electron chi connectivity index (χ2n) is 3.85. The number of hydrogen-bond acceptors (Lipinski definition) is 3. The van der Waals surface area contributed by atoms with E-state index in [9.17, 15) is 17.2 Å². The van der Waals surface area contributed by atoms with Crippen LogP contribution >= 0.6 is 0 Å². The fourth-order valence-electron chi connectivity index (χ4n) is 1.62. The van der Waals surface area contributed by atoms with Gasteiger partial charge in [-0.1, -0.05) is 0 Å². The predicted molar refractivity (Wildman–Crippen MR) is 60.6 cm³/mol. The lowest BCUT2D eigenvalue weighted by Gasteiger charge is -2.07. The van der Waals surface area contributed by atoms with Crippen molar-refractivity contribution in [2.45, 2.75) is 18.7 Å². The van der Waals surface area contributed by atoms with Crippen LogP contribution < -0.4 is 0 Å². The van der Waals surface area contributed by atoms with E-state index in [1.165, 1.54) is 13.0 Å².